The number of nitrogens with one attached hydrogen (secondary N) is 1. The minimum absolute atomic E-state index is 0.00686. The second-order valence-electron chi connectivity index (χ2n) is 4.01. The molecule has 0 atom stereocenters. The number of nitrogens with zero attached hydrogens (tertiary/aromatic N) is 2. The zero-order valence-corrected chi connectivity index (χ0v) is 13.2. The van der Waals surface area contributed by atoms with Crippen LogP contribution in [0.3, 0.4) is 0 Å². The maximum Gasteiger partial charge on any atom is 0.174 e. The first kappa shape index (κ1) is 15.4. The molecule has 0 radical (unpaired) electrons. The van der Waals surface area contributed by atoms with Crippen LogP contribution < -0.4 is 10.2 Å². The predicted molar refractivity (Wildman–Crippen MR) is 87.9 cm³/mol. The fourth-order valence-electron chi connectivity index (χ4n) is 1.56. The summed E-state index contributed by atoms with van der Waals surface area (Å²) >= 11 is 9.21. The lowest BCUT2D eigenvalue weighted by atomic mass is 10.2. The molecule has 6 heteroatoms. The van der Waals surface area contributed by atoms with Gasteiger partial charge >= 0.3 is 0 Å². The highest BCUT2D eigenvalue weighted by Crippen LogP contribution is 2.22. The topological polar surface area (TPSA) is 57.4 Å². The molecule has 0 amide bonds. The normalized spacial score (nSPS) is 10.3. The van der Waals surface area contributed by atoms with Crippen molar-refractivity contribution in [2.24, 2.45) is 5.10 Å². The van der Waals surface area contributed by atoms with E-state index in [4.69, 9.17) is 21.6 Å². The number of nitriles is 1. The minimum Gasteiger partial charge on any atom is -0.478 e. The largest absolute Gasteiger partial charge is 0.478 e. The van der Waals surface area contributed by atoms with Gasteiger partial charge in [0, 0.05) is 15.1 Å². The SMILES string of the molecule is N#CCOc1ccc(Br)cc1C=NNc1ccc(Cl)cc1. The van der Waals surface area contributed by atoms with Crippen LogP contribution >= 0.6 is 27.5 Å². The first-order valence-electron chi connectivity index (χ1n) is 6.03. The molecule has 2 aromatic rings. The van der Waals surface area contributed by atoms with Crippen molar-refractivity contribution in [3.8, 4) is 11.8 Å². The molecular formula is C15H11BrClN3O. The van der Waals surface area contributed by atoms with Gasteiger partial charge < -0.3 is 4.74 Å². The van der Waals surface area contributed by atoms with Gasteiger partial charge in [-0.3, -0.25) is 5.43 Å². The summed E-state index contributed by atoms with van der Waals surface area (Å²) in [4.78, 5) is 0. The number of benzene rings is 2. The molecule has 2 rings (SSSR count). The van der Waals surface area contributed by atoms with Gasteiger partial charge in [0.15, 0.2) is 6.61 Å². The van der Waals surface area contributed by atoms with Crippen LogP contribution in [-0.4, -0.2) is 12.8 Å². The molecule has 0 heterocycles. The average molecular weight is 365 g/mol. The van der Waals surface area contributed by atoms with Gasteiger partial charge in [-0.2, -0.15) is 10.4 Å². The molecule has 106 valence electrons. The van der Waals surface area contributed by atoms with Crippen LogP contribution in [0.1, 0.15) is 5.56 Å². The maximum absolute atomic E-state index is 8.58. The predicted octanol–water partition coefficient (Wildman–Crippen LogP) is 4.45. The first-order valence-corrected chi connectivity index (χ1v) is 7.20. The summed E-state index contributed by atoms with van der Waals surface area (Å²) in [7, 11) is 0. The number of hydrogen-bond donors (Lipinski definition) is 1. The van der Waals surface area contributed by atoms with Crippen molar-refractivity contribution in [3.05, 3.63) is 57.5 Å². The monoisotopic (exact) mass is 363 g/mol. The van der Waals surface area contributed by atoms with Crippen LogP contribution in [0.25, 0.3) is 0 Å². The van der Waals surface area contributed by atoms with E-state index in [0.29, 0.717) is 10.8 Å². The Kier molecular flexibility index (Phi) is 5.61. The Bertz CT molecular complexity index is 680. The Morgan fingerprint density at radius 3 is 2.76 bits per heavy atom. The van der Waals surface area contributed by atoms with E-state index in [0.717, 1.165) is 15.7 Å². The maximum atomic E-state index is 8.58. The van der Waals surface area contributed by atoms with E-state index in [-0.39, 0.29) is 6.61 Å². The summed E-state index contributed by atoms with van der Waals surface area (Å²) in [6, 6.07) is 14.6. The lowest BCUT2D eigenvalue weighted by Crippen LogP contribution is -1.98. The standard InChI is InChI=1S/C15H11BrClN3O/c16-12-1-6-15(21-8-7-18)11(9-12)10-19-20-14-4-2-13(17)3-5-14/h1-6,9-10,20H,8H2. The molecule has 0 spiro atoms. The van der Waals surface area contributed by atoms with Crippen molar-refractivity contribution >= 4 is 39.4 Å². The zero-order chi connectivity index (χ0) is 15.1. The zero-order valence-electron chi connectivity index (χ0n) is 10.9. The van der Waals surface area contributed by atoms with Crippen molar-refractivity contribution in [2.75, 3.05) is 12.0 Å². The molecular weight excluding hydrogens is 354 g/mol. The fourth-order valence-corrected chi connectivity index (χ4v) is 2.07. The Morgan fingerprint density at radius 2 is 2.05 bits per heavy atom. The first-order chi connectivity index (χ1) is 10.2. The highest BCUT2D eigenvalue weighted by Gasteiger charge is 2.02. The van der Waals surface area contributed by atoms with Crippen molar-refractivity contribution in [1.29, 1.82) is 5.26 Å². The van der Waals surface area contributed by atoms with E-state index < -0.39 is 0 Å². The van der Waals surface area contributed by atoms with E-state index in [1.807, 2.05) is 30.3 Å². The lowest BCUT2D eigenvalue weighted by molar-refractivity contribution is 0.367. The molecule has 2 aromatic carbocycles. The summed E-state index contributed by atoms with van der Waals surface area (Å²) in [5, 5.41) is 13.4. The summed E-state index contributed by atoms with van der Waals surface area (Å²) in [6.07, 6.45) is 1.63. The molecule has 0 aliphatic heterocycles. The second-order valence-corrected chi connectivity index (χ2v) is 5.36. The van der Waals surface area contributed by atoms with E-state index in [9.17, 15) is 0 Å². The molecule has 4 nitrogen and oxygen atoms in total. The summed E-state index contributed by atoms with van der Waals surface area (Å²) < 4.78 is 6.24. The van der Waals surface area contributed by atoms with E-state index in [1.54, 1.807) is 24.4 Å². The number of hydrogen-bond acceptors (Lipinski definition) is 4. The summed E-state index contributed by atoms with van der Waals surface area (Å²) in [6.45, 7) is -0.00686. The summed E-state index contributed by atoms with van der Waals surface area (Å²) in [5.41, 5.74) is 4.49. The molecule has 0 saturated heterocycles. The lowest BCUT2D eigenvalue weighted by Gasteiger charge is -2.06. The molecule has 0 fully saturated rings. The molecule has 0 aliphatic carbocycles. The Balaban J connectivity index is 2.10. The Hall–Kier alpha value is -2.03. The van der Waals surface area contributed by atoms with Gasteiger partial charge in [0.1, 0.15) is 11.8 Å². The van der Waals surface area contributed by atoms with Crippen LogP contribution in [-0.2, 0) is 0 Å². The van der Waals surface area contributed by atoms with Gasteiger partial charge in [-0.1, -0.05) is 27.5 Å². The molecule has 0 unspecified atom stereocenters. The fraction of sp³-hybridized carbons (Fsp3) is 0.0667. The van der Waals surface area contributed by atoms with Crippen LogP contribution in [0.15, 0.2) is 52.0 Å². The Labute approximate surface area is 136 Å². The third kappa shape index (κ3) is 4.78. The van der Waals surface area contributed by atoms with E-state index in [2.05, 4.69) is 26.5 Å². The number of halogens is 2. The van der Waals surface area contributed by atoms with Gasteiger partial charge in [-0.15, -0.1) is 0 Å². The van der Waals surface area contributed by atoms with Crippen LogP contribution in [0.5, 0.6) is 5.75 Å². The number of anilines is 1. The van der Waals surface area contributed by atoms with Crippen molar-refractivity contribution in [3.63, 3.8) is 0 Å². The molecule has 0 bridgehead atoms. The van der Waals surface area contributed by atoms with Crippen molar-refractivity contribution < 1.29 is 4.74 Å². The van der Waals surface area contributed by atoms with Crippen LogP contribution in [0, 0.1) is 11.3 Å². The molecule has 1 N–H and O–H groups in total. The number of ether oxygens (including phenoxy) is 1. The van der Waals surface area contributed by atoms with Gasteiger partial charge in [-0.05, 0) is 42.5 Å². The molecule has 21 heavy (non-hydrogen) atoms. The van der Waals surface area contributed by atoms with Crippen LogP contribution in [0.2, 0.25) is 5.02 Å². The smallest absolute Gasteiger partial charge is 0.174 e. The van der Waals surface area contributed by atoms with E-state index in [1.165, 1.54) is 0 Å². The third-order valence-electron chi connectivity index (χ3n) is 2.51. The van der Waals surface area contributed by atoms with Crippen LogP contribution in [0.4, 0.5) is 5.69 Å². The van der Waals surface area contributed by atoms with E-state index >= 15 is 0 Å². The number of hydrazone groups is 1. The number of rotatable bonds is 5. The van der Waals surface area contributed by atoms with Gasteiger partial charge in [-0.25, -0.2) is 0 Å². The second kappa shape index (κ2) is 7.67. The average Bonchev–Trinajstić information content (AvgIpc) is 2.48. The van der Waals surface area contributed by atoms with Gasteiger partial charge in [0.05, 0.1) is 11.9 Å². The quantitative estimate of drug-likeness (QED) is 0.630. The molecule has 0 aromatic heterocycles. The van der Waals surface area contributed by atoms with Crippen molar-refractivity contribution in [2.45, 2.75) is 0 Å². The van der Waals surface area contributed by atoms with Gasteiger partial charge in [0.25, 0.3) is 0 Å². The highest BCUT2D eigenvalue weighted by molar-refractivity contribution is 9.10. The summed E-state index contributed by atoms with van der Waals surface area (Å²) in [5.74, 6) is 0.599. The Morgan fingerprint density at radius 1 is 1.29 bits per heavy atom. The van der Waals surface area contributed by atoms with Crippen molar-refractivity contribution in [1.82, 2.24) is 0 Å². The highest BCUT2D eigenvalue weighted by atomic mass is 79.9. The minimum atomic E-state index is -0.00686. The molecule has 0 aliphatic rings. The van der Waals surface area contributed by atoms with Gasteiger partial charge in [0.2, 0.25) is 0 Å². The third-order valence-corrected chi connectivity index (χ3v) is 3.25. The molecule has 0 saturated carbocycles.